The van der Waals surface area contributed by atoms with Crippen molar-refractivity contribution >= 4 is 11.6 Å². The first-order valence-electron chi connectivity index (χ1n) is 4.97. The molecule has 2 aromatic rings. The van der Waals surface area contributed by atoms with Gasteiger partial charge in [0.15, 0.2) is 0 Å². The summed E-state index contributed by atoms with van der Waals surface area (Å²) in [5.74, 6) is 0.526. The molecule has 0 saturated heterocycles. The lowest BCUT2D eigenvalue weighted by Gasteiger charge is -2.00. The van der Waals surface area contributed by atoms with E-state index in [4.69, 9.17) is 20.5 Å². The van der Waals surface area contributed by atoms with Crippen molar-refractivity contribution in [2.75, 3.05) is 0 Å². The molecule has 0 fully saturated rings. The van der Waals surface area contributed by atoms with Crippen LogP contribution in [0.3, 0.4) is 0 Å². The topological polar surface area (TPSA) is 72.3 Å². The van der Waals surface area contributed by atoms with Crippen molar-refractivity contribution in [3.8, 4) is 11.5 Å². The summed E-state index contributed by atoms with van der Waals surface area (Å²) in [5, 5.41) is 13.5. The Kier molecular flexibility index (Phi) is 3.26. The molecule has 1 unspecified atom stereocenters. The number of aliphatic hydroxyl groups excluding tert-OH is 1. The molecule has 0 radical (unpaired) electrons. The van der Waals surface area contributed by atoms with E-state index in [1.165, 1.54) is 6.26 Å². The Morgan fingerprint density at radius 1 is 1.56 bits per heavy atom. The van der Waals surface area contributed by atoms with Gasteiger partial charge in [0, 0.05) is 0 Å². The Morgan fingerprint density at radius 3 is 3.00 bits per heavy atom. The molecule has 2 heterocycles. The van der Waals surface area contributed by atoms with Gasteiger partial charge >= 0.3 is 0 Å². The Bertz CT molecular complexity index is 466. The fraction of sp³-hybridized carbons (Fsp3) is 0.400. The minimum absolute atomic E-state index is 0.195. The van der Waals surface area contributed by atoms with Gasteiger partial charge in [0.2, 0.25) is 11.0 Å². The van der Waals surface area contributed by atoms with Crippen molar-refractivity contribution in [3.63, 3.8) is 0 Å². The Hall–Kier alpha value is -1.33. The molecule has 1 atom stereocenters. The molecular formula is C10H11ClN2O3. The molecular weight excluding hydrogens is 232 g/mol. The third-order valence-electron chi connectivity index (χ3n) is 2.15. The summed E-state index contributed by atoms with van der Waals surface area (Å²) in [6.07, 6.45) is 2.17. The van der Waals surface area contributed by atoms with Crippen molar-refractivity contribution in [2.24, 2.45) is 0 Å². The van der Waals surface area contributed by atoms with E-state index in [0.717, 1.165) is 6.42 Å². The predicted octanol–water partition coefficient (Wildman–Crippen LogP) is 2.82. The van der Waals surface area contributed by atoms with E-state index in [9.17, 15) is 5.11 Å². The van der Waals surface area contributed by atoms with E-state index in [2.05, 4.69) is 10.1 Å². The zero-order chi connectivity index (χ0) is 11.5. The first-order chi connectivity index (χ1) is 7.72. The molecule has 86 valence electrons. The van der Waals surface area contributed by atoms with Crippen LogP contribution in [0.4, 0.5) is 0 Å². The fourth-order valence-corrected chi connectivity index (χ4v) is 1.52. The molecule has 0 aliphatic carbocycles. The van der Waals surface area contributed by atoms with Crippen molar-refractivity contribution in [2.45, 2.75) is 25.9 Å². The molecule has 6 heteroatoms. The van der Waals surface area contributed by atoms with E-state index >= 15 is 0 Å². The molecule has 0 aromatic carbocycles. The van der Waals surface area contributed by atoms with Crippen LogP contribution in [-0.4, -0.2) is 15.2 Å². The zero-order valence-electron chi connectivity index (χ0n) is 8.68. The number of nitrogens with zero attached hydrogens (tertiary/aromatic N) is 2. The van der Waals surface area contributed by atoms with Crippen LogP contribution in [0.1, 0.15) is 31.7 Å². The number of hydrogen-bond acceptors (Lipinski definition) is 5. The fourth-order valence-electron chi connectivity index (χ4n) is 1.33. The summed E-state index contributed by atoms with van der Waals surface area (Å²) in [6.45, 7) is 1.97. The van der Waals surface area contributed by atoms with E-state index in [1.54, 1.807) is 6.07 Å². The third-order valence-corrected chi connectivity index (χ3v) is 2.44. The Balaban J connectivity index is 2.23. The van der Waals surface area contributed by atoms with Gasteiger partial charge in [-0.25, -0.2) is 0 Å². The molecule has 2 rings (SSSR count). The summed E-state index contributed by atoms with van der Waals surface area (Å²) >= 11 is 5.77. The average Bonchev–Trinajstić information content (AvgIpc) is 2.86. The summed E-state index contributed by atoms with van der Waals surface area (Å²) in [5.41, 5.74) is 0.532. The zero-order valence-corrected chi connectivity index (χ0v) is 9.44. The van der Waals surface area contributed by atoms with Gasteiger partial charge in [0.25, 0.3) is 5.89 Å². The average molecular weight is 243 g/mol. The normalized spacial score (nSPS) is 12.9. The van der Waals surface area contributed by atoms with E-state index in [0.29, 0.717) is 12.0 Å². The molecule has 2 aromatic heterocycles. The van der Waals surface area contributed by atoms with E-state index in [1.807, 2.05) is 6.92 Å². The van der Waals surface area contributed by atoms with Gasteiger partial charge in [0.05, 0.1) is 11.8 Å². The van der Waals surface area contributed by atoms with Crippen LogP contribution in [-0.2, 0) is 0 Å². The highest BCUT2D eigenvalue weighted by Crippen LogP contribution is 2.28. The van der Waals surface area contributed by atoms with Crippen molar-refractivity contribution in [1.82, 2.24) is 10.1 Å². The van der Waals surface area contributed by atoms with Gasteiger partial charge in [-0.15, -0.1) is 0 Å². The lowest BCUT2D eigenvalue weighted by Crippen LogP contribution is -1.98. The monoisotopic (exact) mass is 242 g/mol. The highest BCUT2D eigenvalue weighted by atomic mass is 35.5. The second kappa shape index (κ2) is 4.67. The summed E-state index contributed by atoms with van der Waals surface area (Å²) < 4.78 is 9.90. The third kappa shape index (κ3) is 2.10. The maximum atomic E-state index is 9.66. The van der Waals surface area contributed by atoms with Crippen molar-refractivity contribution < 1.29 is 14.0 Å². The van der Waals surface area contributed by atoms with Crippen LogP contribution >= 0.6 is 11.6 Å². The SMILES string of the molecule is CCCC(O)c1noc(-c2ccoc2Cl)n1. The van der Waals surface area contributed by atoms with Crippen LogP contribution in [0.15, 0.2) is 21.3 Å². The molecule has 0 spiro atoms. The van der Waals surface area contributed by atoms with Crippen LogP contribution in [0, 0.1) is 0 Å². The van der Waals surface area contributed by atoms with Crippen molar-refractivity contribution in [1.29, 1.82) is 0 Å². The number of halogens is 1. The molecule has 1 N–H and O–H groups in total. The van der Waals surface area contributed by atoms with E-state index in [-0.39, 0.29) is 16.9 Å². The lowest BCUT2D eigenvalue weighted by atomic mass is 10.2. The largest absolute Gasteiger partial charge is 0.452 e. The van der Waals surface area contributed by atoms with Gasteiger partial charge in [-0.2, -0.15) is 4.98 Å². The Labute approximate surface area is 97.0 Å². The van der Waals surface area contributed by atoms with Crippen LogP contribution in [0.5, 0.6) is 0 Å². The summed E-state index contributed by atoms with van der Waals surface area (Å²) in [7, 11) is 0. The number of furan rings is 1. The Morgan fingerprint density at radius 2 is 2.38 bits per heavy atom. The number of rotatable bonds is 4. The van der Waals surface area contributed by atoms with Gasteiger partial charge in [-0.1, -0.05) is 18.5 Å². The molecule has 0 aliphatic heterocycles. The maximum Gasteiger partial charge on any atom is 0.262 e. The predicted molar refractivity (Wildman–Crippen MR) is 56.9 cm³/mol. The van der Waals surface area contributed by atoms with Crippen molar-refractivity contribution in [3.05, 3.63) is 23.4 Å². The molecule has 0 bridgehead atoms. The van der Waals surface area contributed by atoms with Crippen LogP contribution in [0.25, 0.3) is 11.5 Å². The highest BCUT2D eigenvalue weighted by Gasteiger charge is 2.18. The van der Waals surface area contributed by atoms with Gasteiger partial charge in [0.1, 0.15) is 6.10 Å². The quantitative estimate of drug-likeness (QED) is 0.893. The molecule has 0 aliphatic rings. The first kappa shape index (κ1) is 11.2. The second-order valence-corrected chi connectivity index (χ2v) is 3.71. The van der Waals surface area contributed by atoms with Gasteiger partial charge in [-0.3, -0.25) is 0 Å². The first-order valence-corrected chi connectivity index (χ1v) is 5.35. The van der Waals surface area contributed by atoms with Crippen LogP contribution in [0.2, 0.25) is 5.22 Å². The molecule has 0 amide bonds. The smallest absolute Gasteiger partial charge is 0.262 e. The highest BCUT2D eigenvalue weighted by molar-refractivity contribution is 6.31. The standard InChI is InChI=1S/C10H11ClN2O3/c1-2-3-7(14)9-12-10(16-13-9)6-4-5-15-8(6)11/h4-5,7,14H,2-3H2,1H3. The second-order valence-electron chi connectivity index (χ2n) is 3.37. The summed E-state index contributed by atoms with van der Waals surface area (Å²) in [4.78, 5) is 4.06. The lowest BCUT2D eigenvalue weighted by molar-refractivity contribution is 0.153. The minimum atomic E-state index is -0.701. The molecule has 16 heavy (non-hydrogen) atoms. The van der Waals surface area contributed by atoms with E-state index < -0.39 is 6.10 Å². The maximum absolute atomic E-state index is 9.66. The minimum Gasteiger partial charge on any atom is -0.452 e. The molecule has 5 nitrogen and oxygen atoms in total. The number of aliphatic hydroxyl groups is 1. The van der Waals surface area contributed by atoms with Gasteiger partial charge in [-0.05, 0) is 24.1 Å². The summed E-state index contributed by atoms with van der Waals surface area (Å²) in [6, 6.07) is 1.63. The van der Waals surface area contributed by atoms with Gasteiger partial charge < -0.3 is 14.0 Å². The number of hydrogen-bond donors (Lipinski definition) is 1. The van der Waals surface area contributed by atoms with Crippen LogP contribution < -0.4 is 0 Å². The number of aromatic nitrogens is 2. The molecule has 0 saturated carbocycles.